The number of rotatable bonds is 4. The Balaban J connectivity index is 1.87. The molecule has 7 heteroatoms. The van der Waals surface area contributed by atoms with Gasteiger partial charge in [-0.05, 0) is 66.3 Å². The molecule has 31 heavy (non-hydrogen) atoms. The molecule has 0 aliphatic carbocycles. The molecule has 2 amide bonds. The molecule has 1 aliphatic heterocycles. The molecule has 0 N–H and O–H groups in total. The molecule has 0 aromatic heterocycles. The number of hydrogen-bond acceptors (Lipinski definition) is 4. The first-order valence-corrected chi connectivity index (χ1v) is 10.6. The highest BCUT2D eigenvalue weighted by Crippen LogP contribution is 2.30. The van der Waals surface area contributed by atoms with Crippen molar-refractivity contribution in [2.75, 3.05) is 16.9 Å². The highest BCUT2D eigenvalue weighted by atomic mass is 79.9. The smallest absolute Gasteiger partial charge is 0.270 e. The Morgan fingerprint density at radius 3 is 1.84 bits per heavy atom. The van der Waals surface area contributed by atoms with Gasteiger partial charge in [0.25, 0.3) is 11.8 Å². The van der Waals surface area contributed by atoms with Gasteiger partial charge in [-0.25, -0.2) is 0 Å². The number of halogens is 1. The number of benzene rings is 3. The molecule has 0 saturated carbocycles. The topological polar surface area (TPSA) is 49.9 Å². The highest BCUT2D eigenvalue weighted by molar-refractivity contribution is 9.10. The van der Waals surface area contributed by atoms with E-state index in [0.717, 1.165) is 4.47 Å². The van der Waals surface area contributed by atoms with Crippen LogP contribution in [0.1, 0.15) is 5.56 Å². The van der Waals surface area contributed by atoms with Gasteiger partial charge in [-0.2, -0.15) is 0 Å². The number of thiocarbonyl (C=S) groups is 1. The summed E-state index contributed by atoms with van der Waals surface area (Å²) in [7, 11) is 1.56. The SMILES string of the molecule is COc1cc(Br)cc(C=C2C(=O)N(c3ccccc3)C(=S)N(c3ccccc3)C2=O)c1. The number of anilines is 2. The third-order valence-corrected chi connectivity index (χ3v) is 5.54. The number of carbonyl (C=O) groups is 2. The first-order chi connectivity index (χ1) is 15.0. The van der Waals surface area contributed by atoms with Crippen molar-refractivity contribution in [2.45, 2.75) is 0 Å². The van der Waals surface area contributed by atoms with Crippen molar-refractivity contribution in [3.05, 3.63) is 94.5 Å². The molecule has 4 rings (SSSR count). The average molecular weight is 493 g/mol. The first kappa shape index (κ1) is 21.0. The highest BCUT2D eigenvalue weighted by Gasteiger charge is 2.41. The summed E-state index contributed by atoms with van der Waals surface area (Å²) in [6.07, 6.45) is 1.56. The van der Waals surface area contributed by atoms with Crippen LogP contribution in [-0.2, 0) is 9.59 Å². The number of nitrogens with zero attached hydrogens (tertiary/aromatic N) is 2. The zero-order valence-electron chi connectivity index (χ0n) is 16.5. The number of methoxy groups -OCH3 is 1. The summed E-state index contributed by atoms with van der Waals surface area (Å²) in [5, 5.41) is 0.108. The summed E-state index contributed by atoms with van der Waals surface area (Å²) >= 11 is 9.03. The summed E-state index contributed by atoms with van der Waals surface area (Å²) in [6.45, 7) is 0. The van der Waals surface area contributed by atoms with Crippen molar-refractivity contribution in [2.24, 2.45) is 0 Å². The molecule has 1 saturated heterocycles. The Hall–Kier alpha value is -3.29. The van der Waals surface area contributed by atoms with Gasteiger partial charge >= 0.3 is 0 Å². The molecule has 0 bridgehead atoms. The molecule has 0 unspecified atom stereocenters. The predicted molar refractivity (Wildman–Crippen MR) is 129 cm³/mol. The van der Waals surface area contributed by atoms with Crippen LogP contribution in [0.4, 0.5) is 11.4 Å². The van der Waals surface area contributed by atoms with Gasteiger partial charge in [-0.3, -0.25) is 19.4 Å². The lowest BCUT2D eigenvalue weighted by molar-refractivity contribution is -0.120. The van der Waals surface area contributed by atoms with E-state index in [-0.39, 0.29) is 10.7 Å². The third kappa shape index (κ3) is 4.15. The second kappa shape index (κ2) is 8.83. The van der Waals surface area contributed by atoms with E-state index in [1.54, 1.807) is 49.6 Å². The van der Waals surface area contributed by atoms with Crippen LogP contribution in [-0.4, -0.2) is 24.0 Å². The molecule has 0 spiro atoms. The lowest BCUT2D eigenvalue weighted by atomic mass is 10.0. The van der Waals surface area contributed by atoms with Crippen LogP contribution in [0.15, 0.2) is 88.9 Å². The maximum Gasteiger partial charge on any atom is 0.270 e. The van der Waals surface area contributed by atoms with Crippen LogP contribution < -0.4 is 14.5 Å². The van der Waals surface area contributed by atoms with E-state index in [2.05, 4.69) is 15.9 Å². The molecule has 1 fully saturated rings. The monoisotopic (exact) mass is 492 g/mol. The number of amides is 2. The minimum atomic E-state index is -0.479. The molecular weight excluding hydrogens is 476 g/mol. The molecule has 3 aromatic carbocycles. The summed E-state index contributed by atoms with van der Waals surface area (Å²) < 4.78 is 6.07. The maximum absolute atomic E-state index is 13.4. The molecule has 0 atom stereocenters. The lowest BCUT2D eigenvalue weighted by Crippen LogP contribution is -2.56. The number of hydrogen-bond donors (Lipinski definition) is 0. The van der Waals surface area contributed by atoms with E-state index < -0.39 is 11.8 Å². The van der Waals surface area contributed by atoms with Crippen LogP contribution >= 0.6 is 28.1 Å². The van der Waals surface area contributed by atoms with Crippen molar-refractivity contribution >= 4 is 62.5 Å². The summed E-state index contributed by atoms with van der Waals surface area (Å²) in [5.74, 6) is -0.355. The quantitative estimate of drug-likeness (QED) is 0.285. The van der Waals surface area contributed by atoms with E-state index in [9.17, 15) is 9.59 Å². The van der Waals surface area contributed by atoms with E-state index in [1.165, 1.54) is 9.80 Å². The van der Waals surface area contributed by atoms with Gasteiger partial charge in [0, 0.05) is 4.47 Å². The second-order valence-corrected chi connectivity index (χ2v) is 8.00. The molecule has 3 aromatic rings. The fourth-order valence-corrected chi connectivity index (χ4v) is 4.16. The minimum Gasteiger partial charge on any atom is -0.497 e. The van der Waals surface area contributed by atoms with Gasteiger partial charge in [0.15, 0.2) is 5.11 Å². The van der Waals surface area contributed by atoms with Crippen molar-refractivity contribution in [1.29, 1.82) is 0 Å². The van der Waals surface area contributed by atoms with Gasteiger partial charge in [0.1, 0.15) is 11.3 Å². The molecular formula is C24H17BrN2O3S. The van der Waals surface area contributed by atoms with E-state index in [1.807, 2.05) is 42.5 Å². The Labute approximate surface area is 193 Å². The van der Waals surface area contributed by atoms with Gasteiger partial charge in [-0.15, -0.1) is 0 Å². The van der Waals surface area contributed by atoms with Crippen LogP contribution in [0, 0.1) is 0 Å². The minimum absolute atomic E-state index is 0.00135. The normalized spacial score (nSPS) is 14.1. The Kier molecular flexibility index (Phi) is 5.97. The second-order valence-electron chi connectivity index (χ2n) is 6.72. The third-order valence-electron chi connectivity index (χ3n) is 4.72. The van der Waals surface area contributed by atoms with Crippen LogP contribution in [0.25, 0.3) is 6.08 Å². The number of ether oxygens (including phenoxy) is 1. The van der Waals surface area contributed by atoms with Gasteiger partial charge in [0.2, 0.25) is 0 Å². The van der Waals surface area contributed by atoms with Crippen molar-refractivity contribution < 1.29 is 14.3 Å². The van der Waals surface area contributed by atoms with E-state index >= 15 is 0 Å². The van der Waals surface area contributed by atoms with Crippen molar-refractivity contribution in [3.8, 4) is 5.75 Å². The first-order valence-electron chi connectivity index (χ1n) is 9.39. The molecule has 0 radical (unpaired) electrons. The van der Waals surface area contributed by atoms with Gasteiger partial charge in [0.05, 0.1) is 18.5 Å². The number of carbonyl (C=O) groups excluding carboxylic acids is 2. The largest absolute Gasteiger partial charge is 0.497 e. The molecule has 1 aliphatic rings. The zero-order chi connectivity index (χ0) is 22.0. The van der Waals surface area contributed by atoms with E-state index in [4.69, 9.17) is 17.0 Å². The molecule has 154 valence electrons. The predicted octanol–water partition coefficient (Wildman–Crippen LogP) is 5.21. The number of para-hydroxylation sites is 2. The average Bonchev–Trinajstić information content (AvgIpc) is 2.78. The Bertz CT molecular complexity index is 1130. The Morgan fingerprint density at radius 2 is 1.35 bits per heavy atom. The summed E-state index contributed by atoms with van der Waals surface area (Å²) in [6, 6.07) is 23.5. The van der Waals surface area contributed by atoms with Gasteiger partial charge < -0.3 is 4.74 Å². The van der Waals surface area contributed by atoms with Crippen LogP contribution in [0.5, 0.6) is 5.75 Å². The summed E-state index contributed by atoms with van der Waals surface area (Å²) in [4.78, 5) is 29.7. The standard InChI is InChI=1S/C24H17BrN2O3S/c1-30-20-13-16(12-17(25)15-20)14-21-22(28)26(18-8-4-2-5-9-18)24(31)27(23(21)29)19-10-6-3-7-11-19/h2-15H,1H3. The van der Waals surface area contributed by atoms with Gasteiger partial charge in [-0.1, -0.05) is 52.3 Å². The molecule has 1 heterocycles. The Morgan fingerprint density at radius 1 is 0.839 bits per heavy atom. The zero-order valence-corrected chi connectivity index (χ0v) is 18.9. The lowest BCUT2D eigenvalue weighted by Gasteiger charge is -2.36. The molecule has 5 nitrogen and oxygen atoms in total. The van der Waals surface area contributed by atoms with Crippen molar-refractivity contribution in [3.63, 3.8) is 0 Å². The van der Waals surface area contributed by atoms with Crippen LogP contribution in [0.3, 0.4) is 0 Å². The van der Waals surface area contributed by atoms with Crippen molar-refractivity contribution in [1.82, 2.24) is 0 Å². The fourth-order valence-electron chi connectivity index (χ4n) is 3.29. The maximum atomic E-state index is 13.4. The van der Waals surface area contributed by atoms with Crippen LogP contribution in [0.2, 0.25) is 0 Å². The van der Waals surface area contributed by atoms with E-state index in [0.29, 0.717) is 22.7 Å². The fraction of sp³-hybridized carbons (Fsp3) is 0.0417. The summed E-state index contributed by atoms with van der Waals surface area (Å²) in [5.41, 5.74) is 1.82.